The summed E-state index contributed by atoms with van der Waals surface area (Å²) >= 11 is 3.44. The van der Waals surface area contributed by atoms with Crippen LogP contribution >= 0.6 is 15.9 Å². The van der Waals surface area contributed by atoms with E-state index in [1.165, 1.54) is 5.56 Å². The summed E-state index contributed by atoms with van der Waals surface area (Å²) in [5, 5.41) is 5.96. The molecule has 0 aromatic heterocycles. The lowest BCUT2D eigenvalue weighted by Gasteiger charge is -2.31. The maximum atomic E-state index is 12.5. The van der Waals surface area contributed by atoms with Crippen molar-refractivity contribution in [3.63, 3.8) is 0 Å². The molecule has 2 aromatic rings. The lowest BCUT2D eigenvalue weighted by Crippen LogP contribution is -2.41. The number of hydrogen-bond donors (Lipinski definition) is 2. The third-order valence-electron chi connectivity index (χ3n) is 5.23. The van der Waals surface area contributed by atoms with Crippen LogP contribution in [0.4, 0.5) is 10.5 Å². The molecule has 0 saturated carbocycles. The minimum absolute atomic E-state index is 0.0828. The first-order valence-electron chi connectivity index (χ1n) is 9.64. The highest BCUT2D eigenvalue weighted by molar-refractivity contribution is 9.10. The smallest absolute Gasteiger partial charge is 0.321 e. The number of benzene rings is 2. The third-order valence-corrected chi connectivity index (χ3v) is 5.92. The summed E-state index contributed by atoms with van der Waals surface area (Å²) in [6.07, 6.45) is 2.22. The van der Waals surface area contributed by atoms with Gasteiger partial charge in [0, 0.05) is 30.5 Å². The molecule has 3 amide bonds. The van der Waals surface area contributed by atoms with Crippen molar-refractivity contribution >= 4 is 33.6 Å². The van der Waals surface area contributed by atoms with Crippen molar-refractivity contribution in [2.24, 2.45) is 5.92 Å². The highest BCUT2D eigenvalue weighted by Crippen LogP contribution is 2.24. The van der Waals surface area contributed by atoms with Crippen LogP contribution in [0.25, 0.3) is 0 Å². The van der Waals surface area contributed by atoms with Gasteiger partial charge in [0.15, 0.2) is 0 Å². The number of amides is 3. The number of carbonyl (C=O) groups is 2. The van der Waals surface area contributed by atoms with E-state index in [9.17, 15) is 9.59 Å². The topological polar surface area (TPSA) is 61.4 Å². The molecule has 3 rings (SSSR count). The van der Waals surface area contributed by atoms with Crippen molar-refractivity contribution < 1.29 is 9.59 Å². The fraction of sp³-hybridized carbons (Fsp3) is 0.364. The second-order valence-electron chi connectivity index (χ2n) is 7.25. The molecule has 5 nitrogen and oxygen atoms in total. The number of aryl methyl sites for hydroxylation is 1. The molecule has 1 saturated heterocycles. The molecular weight excluding hydrogens is 418 g/mol. The van der Waals surface area contributed by atoms with Crippen molar-refractivity contribution in [1.82, 2.24) is 10.2 Å². The number of para-hydroxylation sites is 1. The average molecular weight is 444 g/mol. The molecule has 28 heavy (non-hydrogen) atoms. The Labute approximate surface area is 174 Å². The standard InChI is InChI=1S/C22H26BrN3O2/c1-16-6-2-3-7-18(16)15-24-21(27)14-17-10-12-26(13-11-17)22(28)25-20-9-5-4-8-19(20)23/h2-9,17H,10-15H2,1H3,(H,24,27)(H,25,28). The van der Waals surface area contributed by atoms with Gasteiger partial charge in [0.05, 0.1) is 5.69 Å². The van der Waals surface area contributed by atoms with Gasteiger partial charge in [-0.25, -0.2) is 4.79 Å². The number of halogens is 1. The van der Waals surface area contributed by atoms with Crippen molar-refractivity contribution in [2.45, 2.75) is 32.7 Å². The Morgan fingerprint density at radius 1 is 1.07 bits per heavy atom. The first kappa shape index (κ1) is 20.4. The fourth-order valence-corrected chi connectivity index (χ4v) is 3.82. The number of urea groups is 1. The van der Waals surface area contributed by atoms with Gasteiger partial charge in [-0.3, -0.25) is 4.79 Å². The van der Waals surface area contributed by atoms with Crippen LogP contribution in [0.2, 0.25) is 0 Å². The molecule has 0 unspecified atom stereocenters. The van der Waals surface area contributed by atoms with E-state index in [-0.39, 0.29) is 11.9 Å². The molecular formula is C22H26BrN3O2. The minimum Gasteiger partial charge on any atom is -0.352 e. The summed E-state index contributed by atoms with van der Waals surface area (Å²) in [7, 11) is 0. The zero-order valence-corrected chi connectivity index (χ0v) is 17.7. The van der Waals surface area contributed by atoms with Crippen LogP contribution in [0.3, 0.4) is 0 Å². The van der Waals surface area contributed by atoms with E-state index in [1.807, 2.05) is 47.4 Å². The Balaban J connectivity index is 1.41. The van der Waals surface area contributed by atoms with Gasteiger partial charge in [-0.2, -0.15) is 0 Å². The monoisotopic (exact) mass is 443 g/mol. The average Bonchev–Trinajstić information content (AvgIpc) is 2.69. The third kappa shape index (κ3) is 5.58. The lowest BCUT2D eigenvalue weighted by atomic mass is 9.93. The summed E-state index contributed by atoms with van der Waals surface area (Å²) < 4.78 is 0.864. The summed E-state index contributed by atoms with van der Waals surface area (Å²) in [5.41, 5.74) is 3.10. The first-order valence-corrected chi connectivity index (χ1v) is 10.4. The molecule has 1 fully saturated rings. The number of nitrogens with one attached hydrogen (secondary N) is 2. The minimum atomic E-state index is -0.0886. The van der Waals surface area contributed by atoms with Crippen LogP contribution in [-0.4, -0.2) is 29.9 Å². The molecule has 148 valence electrons. The zero-order chi connectivity index (χ0) is 19.9. The fourth-order valence-electron chi connectivity index (χ4n) is 3.43. The largest absolute Gasteiger partial charge is 0.352 e. The maximum Gasteiger partial charge on any atom is 0.321 e. The van der Waals surface area contributed by atoms with Crippen molar-refractivity contribution in [2.75, 3.05) is 18.4 Å². The van der Waals surface area contributed by atoms with E-state index >= 15 is 0 Å². The van der Waals surface area contributed by atoms with Crippen LogP contribution in [0.5, 0.6) is 0 Å². The second kappa shape index (κ2) is 9.73. The normalized spacial score (nSPS) is 14.6. The van der Waals surface area contributed by atoms with Crippen LogP contribution in [0, 0.1) is 12.8 Å². The van der Waals surface area contributed by atoms with Crippen LogP contribution in [0.1, 0.15) is 30.4 Å². The molecule has 6 heteroatoms. The quantitative estimate of drug-likeness (QED) is 0.702. The summed E-state index contributed by atoms with van der Waals surface area (Å²) in [6, 6.07) is 15.6. The maximum absolute atomic E-state index is 12.5. The number of hydrogen-bond acceptors (Lipinski definition) is 2. The number of carbonyl (C=O) groups excluding carboxylic acids is 2. The molecule has 1 aliphatic rings. The number of nitrogens with zero attached hydrogens (tertiary/aromatic N) is 1. The molecule has 0 spiro atoms. The van der Waals surface area contributed by atoms with Crippen molar-refractivity contribution in [3.8, 4) is 0 Å². The number of anilines is 1. The number of rotatable bonds is 5. The van der Waals surface area contributed by atoms with Gasteiger partial charge >= 0.3 is 6.03 Å². The Hall–Kier alpha value is -2.34. The van der Waals surface area contributed by atoms with Gasteiger partial charge in [-0.05, 0) is 64.9 Å². The Bertz CT molecular complexity index is 832. The van der Waals surface area contributed by atoms with E-state index in [0.717, 1.165) is 28.6 Å². The van der Waals surface area contributed by atoms with Gasteiger partial charge in [-0.1, -0.05) is 36.4 Å². The summed E-state index contributed by atoms with van der Waals surface area (Å²) in [5.74, 6) is 0.406. The summed E-state index contributed by atoms with van der Waals surface area (Å²) in [4.78, 5) is 26.6. The van der Waals surface area contributed by atoms with Crippen molar-refractivity contribution in [1.29, 1.82) is 0 Å². The highest BCUT2D eigenvalue weighted by Gasteiger charge is 2.24. The molecule has 0 radical (unpaired) electrons. The van der Waals surface area contributed by atoms with Gasteiger partial charge in [0.25, 0.3) is 0 Å². The molecule has 0 aliphatic carbocycles. The van der Waals surface area contributed by atoms with E-state index < -0.39 is 0 Å². The number of likely N-dealkylation sites (tertiary alicyclic amines) is 1. The Morgan fingerprint density at radius 3 is 2.46 bits per heavy atom. The number of piperidine rings is 1. The SMILES string of the molecule is Cc1ccccc1CNC(=O)CC1CCN(C(=O)Nc2ccccc2Br)CC1. The Kier molecular flexibility index (Phi) is 7.09. The zero-order valence-electron chi connectivity index (χ0n) is 16.1. The van der Waals surface area contributed by atoms with E-state index in [0.29, 0.717) is 32.0 Å². The van der Waals surface area contributed by atoms with E-state index in [4.69, 9.17) is 0 Å². The predicted molar refractivity (Wildman–Crippen MR) is 115 cm³/mol. The molecule has 2 N–H and O–H groups in total. The van der Waals surface area contributed by atoms with E-state index in [1.54, 1.807) is 0 Å². The molecule has 1 heterocycles. The molecule has 1 aliphatic heterocycles. The molecule has 0 bridgehead atoms. The van der Waals surface area contributed by atoms with Gasteiger partial charge in [0.1, 0.15) is 0 Å². The predicted octanol–water partition coefficient (Wildman–Crippen LogP) is 4.71. The second-order valence-corrected chi connectivity index (χ2v) is 8.10. The van der Waals surface area contributed by atoms with Gasteiger partial charge < -0.3 is 15.5 Å². The molecule has 2 aromatic carbocycles. The summed E-state index contributed by atoms with van der Waals surface area (Å²) in [6.45, 7) is 3.97. The van der Waals surface area contributed by atoms with Crippen molar-refractivity contribution in [3.05, 3.63) is 64.1 Å². The van der Waals surface area contributed by atoms with Crippen LogP contribution in [0.15, 0.2) is 53.0 Å². The van der Waals surface area contributed by atoms with Gasteiger partial charge in [0.2, 0.25) is 5.91 Å². The lowest BCUT2D eigenvalue weighted by molar-refractivity contribution is -0.122. The Morgan fingerprint density at radius 2 is 1.75 bits per heavy atom. The molecule has 0 atom stereocenters. The van der Waals surface area contributed by atoms with Gasteiger partial charge in [-0.15, -0.1) is 0 Å². The van der Waals surface area contributed by atoms with E-state index in [2.05, 4.69) is 39.6 Å². The first-order chi connectivity index (χ1) is 13.5. The van der Waals surface area contributed by atoms with Crippen LogP contribution in [-0.2, 0) is 11.3 Å². The van der Waals surface area contributed by atoms with Crippen LogP contribution < -0.4 is 10.6 Å². The highest BCUT2D eigenvalue weighted by atomic mass is 79.9.